The van der Waals surface area contributed by atoms with Gasteiger partial charge in [0.05, 0.1) is 6.20 Å². The van der Waals surface area contributed by atoms with E-state index >= 15 is 0 Å². The lowest BCUT2D eigenvalue weighted by Crippen LogP contribution is -2.19. The fraction of sp³-hybridized carbons (Fsp3) is 0.357. The van der Waals surface area contributed by atoms with Crippen molar-refractivity contribution in [2.24, 2.45) is 0 Å². The zero-order chi connectivity index (χ0) is 13.5. The zero-order valence-electron chi connectivity index (χ0n) is 11.2. The Hall–Kier alpha value is -1.46. The molecule has 19 heavy (non-hydrogen) atoms. The third-order valence-corrected chi connectivity index (χ3v) is 3.58. The fourth-order valence-corrected chi connectivity index (χ4v) is 2.32. The van der Waals surface area contributed by atoms with Crippen molar-refractivity contribution in [1.82, 2.24) is 20.3 Å². The summed E-state index contributed by atoms with van der Waals surface area (Å²) in [5.74, 6) is 0. The Morgan fingerprint density at radius 2 is 2.05 bits per heavy atom. The molecule has 1 atom stereocenters. The molecule has 0 bridgehead atoms. The molecule has 2 aromatic rings. The summed E-state index contributed by atoms with van der Waals surface area (Å²) in [6.07, 6.45) is 8.16. The third-order valence-electron chi connectivity index (χ3n) is 2.71. The van der Waals surface area contributed by atoms with Crippen LogP contribution in [0.15, 0.2) is 47.0 Å². The molecule has 0 radical (unpaired) electrons. The Morgan fingerprint density at radius 1 is 1.16 bits per heavy atom. The van der Waals surface area contributed by atoms with Gasteiger partial charge in [-0.25, -0.2) is 9.97 Å². The van der Waals surface area contributed by atoms with Crippen molar-refractivity contribution in [2.75, 3.05) is 6.54 Å². The first-order valence-corrected chi connectivity index (χ1v) is 7.24. The van der Waals surface area contributed by atoms with Crippen LogP contribution in [0.3, 0.4) is 0 Å². The summed E-state index contributed by atoms with van der Waals surface area (Å²) >= 11 is 1.52. The van der Waals surface area contributed by atoms with Crippen LogP contribution in [0.5, 0.6) is 0 Å². The molecule has 2 aromatic heterocycles. The second-order valence-corrected chi connectivity index (χ2v) is 5.29. The standard InChI is InChI=1S/C14H18N4S/c1-3-6-16-11(2)12-4-5-13(18-9-12)19-14-10-15-7-8-17-14/h4-5,7-11,16H,3,6H2,1-2H3. The van der Waals surface area contributed by atoms with Crippen LogP contribution in [-0.2, 0) is 0 Å². The van der Waals surface area contributed by atoms with Crippen LogP contribution < -0.4 is 5.32 Å². The molecule has 100 valence electrons. The van der Waals surface area contributed by atoms with Crippen molar-refractivity contribution >= 4 is 11.8 Å². The SMILES string of the molecule is CCCNC(C)c1ccc(Sc2cnccn2)nc1. The number of nitrogens with zero attached hydrogens (tertiary/aromatic N) is 3. The summed E-state index contributed by atoms with van der Waals surface area (Å²) in [6, 6.07) is 4.47. The van der Waals surface area contributed by atoms with Crippen LogP contribution in [0, 0.1) is 0 Å². The first-order chi connectivity index (χ1) is 9.29. The van der Waals surface area contributed by atoms with Gasteiger partial charge in [-0.2, -0.15) is 0 Å². The van der Waals surface area contributed by atoms with Crippen LogP contribution >= 0.6 is 11.8 Å². The Morgan fingerprint density at radius 3 is 2.68 bits per heavy atom. The summed E-state index contributed by atoms with van der Waals surface area (Å²) in [4.78, 5) is 12.7. The largest absolute Gasteiger partial charge is 0.310 e. The summed E-state index contributed by atoms with van der Waals surface area (Å²) < 4.78 is 0. The van der Waals surface area contributed by atoms with Gasteiger partial charge >= 0.3 is 0 Å². The molecule has 5 heteroatoms. The van der Waals surface area contributed by atoms with Crippen LogP contribution in [0.1, 0.15) is 31.9 Å². The minimum absolute atomic E-state index is 0.336. The summed E-state index contributed by atoms with van der Waals surface area (Å²) in [5, 5.41) is 5.25. The van der Waals surface area contributed by atoms with Crippen LogP contribution in [0.4, 0.5) is 0 Å². The predicted octanol–water partition coefficient (Wildman–Crippen LogP) is 3.08. The second kappa shape index (κ2) is 7.21. The van der Waals surface area contributed by atoms with E-state index in [0.29, 0.717) is 6.04 Å². The van der Waals surface area contributed by atoms with E-state index in [-0.39, 0.29) is 0 Å². The average Bonchev–Trinajstić information content (AvgIpc) is 2.46. The second-order valence-electron chi connectivity index (χ2n) is 4.25. The number of pyridine rings is 1. The molecule has 0 amide bonds. The Bertz CT molecular complexity index is 487. The first-order valence-electron chi connectivity index (χ1n) is 6.42. The first kappa shape index (κ1) is 14.0. The zero-order valence-corrected chi connectivity index (χ0v) is 12.0. The summed E-state index contributed by atoms with van der Waals surface area (Å²) in [5.41, 5.74) is 1.21. The van der Waals surface area contributed by atoms with Gasteiger partial charge in [-0.05, 0) is 43.3 Å². The van der Waals surface area contributed by atoms with E-state index in [4.69, 9.17) is 0 Å². The predicted molar refractivity (Wildman–Crippen MR) is 77.1 cm³/mol. The number of aromatic nitrogens is 3. The molecule has 0 aliphatic heterocycles. The molecule has 0 fully saturated rings. The maximum Gasteiger partial charge on any atom is 0.121 e. The highest BCUT2D eigenvalue weighted by atomic mass is 32.2. The molecular formula is C14H18N4S. The van der Waals surface area contributed by atoms with E-state index < -0.39 is 0 Å². The van der Waals surface area contributed by atoms with Crippen LogP contribution in [-0.4, -0.2) is 21.5 Å². The number of hydrogen-bond acceptors (Lipinski definition) is 5. The van der Waals surface area contributed by atoms with Gasteiger partial charge in [-0.15, -0.1) is 0 Å². The number of hydrogen-bond donors (Lipinski definition) is 1. The fourth-order valence-electron chi connectivity index (χ4n) is 1.63. The van der Waals surface area contributed by atoms with E-state index in [9.17, 15) is 0 Å². The van der Waals surface area contributed by atoms with Gasteiger partial charge in [0.2, 0.25) is 0 Å². The molecule has 0 aliphatic rings. The maximum absolute atomic E-state index is 4.46. The van der Waals surface area contributed by atoms with Crippen molar-refractivity contribution in [2.45, 2.75) is 36.4 Å². The number of rotatable bonds is 6. The van der Waals surface area contributed by atoms with Crippen molar-refractivity contribution in [3.63, 3.8) is 0 Å². The molecule has 1 N–H and O–H groups in total. The van der Waals surface area contributed by atoms with Crippen LogP contribution in [0.2, 0.25) is 0 Å². The summed E-state index contributed by atoms with van der Waals surface area (Å²) in [7, 11) is 0. The van der Waals surface area contributed by atoms with Gasteiger partial charge in [-0.3, -0.25) is 4.98 Å². The molecule has 2 heterocycles. The lowest BCUT2D eigenvalue weighted by molar-refractivity contribution is 0.568. The van der Waals surface area contributed by atoms with Crippen molar-refractivity contribution < 1.29 is 0 Å². The highest BCUT2D eigenvalue weighted by Crippen LogP contribution is 2.23. The smallest absolute Gasteiger partial charge is 0.121 e. The minimum atomic E-state index is 0.336. The van der Waals surface area contributed by atoms with E-state index in [1.807, 2.05) is 12.3 Å². The highest BCUT2D eigenvalue weighted by Gasteiger charge is 2.05. The number of nitrogens with one attached hydrogen (secondary N) is 1. The molecule has 0 spiro atoms. The Kier molecular flexibility index (Phi) is 5.30. The topological polar surface area (TPSA) is 50.7 Å². The Labute approximate surface area is 118 Å². The molecule has 2 rings (SSSR count). The van der Waals surface area contributed by atoms with Gasteiger partial charge in [-0.1, -0.05) is 13.0 Å². The van der Waals surface area contributed by atoms with E-state index in [1.54, 1.807) is 18.6 Å². The molecular weight excluding hydrogens is 256 g/mol. The van der Waals surface area contributed by atoms with E-state index in [0.717, 1.165) is 23.0 Å². The third kappa shape index (κ3) is 4.29. The molecule has 0 saturated heterocycles. The quantitative estimate of drug-likeness (QED) is 0.877. The van der Waals surface area contributed by atoms with E-state index in [1.165, 1.54) is 17.3 Å². The van der Waals surface area contributed by atoms with Crippen molar-refractivity contribution in [3.05, 3.63) is 42.5 Å². The molecule has 0 saturated carbocycles. The minimum Gasteiger partial charge on any atom is -0.310 e. The normalized spacial score (nSPS) is 12.3. The van der Waals surface area contributed by atoms with E-state index in [2.05, 4.69) is 40.2 Å². The monoisotopic (exact) mass is 274 g/mol. The lowest BCUT2D eigenvalue weighted by Gasteiger charge is -2.13. The van der Waals surface area contributed by atoms with Gasteiger partial charge in [0, 0.05) is 24.6 Å². The lowest BCUT2D eigenvalue weighted by atomic mass is 10.1. The van der Waals surface area contributed by atoms with Crippen molar-refractivity contribution in [3.8, 4) is 0 Å². The molecule has 4 nitrogen and oxygen atoms in total. The highest BCUT2D eigenvalue weighted by molar-refractivity contribution is 7.99. The maximum atomic E-state index is 4.46. The van der Waals surface area contributed by atoms with Gasteiger partial charge in [0.15, 0.2) is 0 Å². The van der Waals surface area contributed by atoms with Gasteiger partial charge in [0.1, 0.15) is 10.1 Å². The average molecular weight is 274 g/mol. The molecule has 1 unspecified atom stereocenters. The summed E-state index contributed by atoms with van der Waals surface area (Å²) in [6.45, 7) is 5.35. The molecule has 0 aromatic carbocycles. The molecule has 0 aliphatic carbocycles. The Balaban J connectivity index is 1.98. The van der Waals surface area contributed by atoms with Crippen LogP contribution in [0.25, 0.3) is 0 Å². The van der Waals surface area contributed by atoms with Crippen molar-refractivity contribution in [1.29, 1.82) is 0 Å². The van der Waals surface area contributed by atoms with Gasteiger partial charge < -0.3 is 5.32 Å². The van der Waals surface area contributed by atoms with Gasteiger partial charge in [0.25, 0.3) is 0 Å².